The highest BCUT2D eigenvalue weighted by Gasteiger charge is 2.26. The molecule has 1 saturated heterocycles. The van der Waals surface area contributed by atoms with Crippen molar-refractivity contribution in [3.8, 4) is 11.1 Å². The molecule has 4 N–H and O–H groups in total. The second-order valence-corrected chi connectivity index (χ2v) is 6.74. The van der Waals surface area contributed by atoms with Gasteiger partial charge in [0.25, 0.3) is 5.91 Å². The number of likely N-dealkylation sites (tertiary alicyclic amines) is 1. The summed E-state index contributed by atoms with van der Waals surface area (Å²) < 4.78 is 14.0. The van der Waals surface area contributed by atoms with E-state index in [1.807, 2.05) is 0 Å². The van der Waals surface area contributed by atoms with Gasteiger partial charge < -0.3 is 15.7 Å². The fourth-order valence-electron chi connectivity index (χ4n) is 3.23. The molecule has 2 heterocycles. The van der Waals surface area contributed by atoms with Crippen LogP contribution in [-0.4, -0.2) is 50.8 Å². The number of benzene rings is 1. The number of carbonyl (C=O) groups is 2. The molecule has 3 rings (SSSR count). The number of hydrogen-bond acceptors (Lipinski definition) is 5. The van der Waals surface area contributed by atoms with Crippen molar-refractivity contribution < 1.29 is 19.1 Å². The van der Waals surface area contributed by atoms with Crippen LogP contribution in [0.3, 0.4) is 0 Å². The third-order valence-electron chi connectivity index (χ3n) is 4.80. The summed E-state index contributed by atoms with van der Waals surface area (Å²) in [6.07, 6.45) is 4.28. The van der Waals surface area contributed by atoms with Crippen LogP contribution in [0.1, 0.15) is 35.4 Å². The van der Waals surface area contributed by atoms with Crippen molar-refractivity contribution in [2.24, 2.45) is 11.7 Å². The Morgan fingerprint density at radius 1 is 1.21 bits per heavy atom. The largest absolute Gasteiger partial charge is 0.481 e. The standard InChI is InChI=1S/C19H20FN5O3/c20-15-8-12(1-2-14(15)17(21)22)13-9-23-18(24-10-13)19(28)25-5-3-11(4-6-25)7-16(26)27/h1-2,8-11H,3-7H2,(H3,21,22)(H,26,27). The van der Waals surface area contributed by atoms with Gasteiger partial charge in [-0.05, 0) is 36.5 Å². The number of carboxylic acids is 1. The van der Waals surface area contributed by atoms with Crippen molar-refractivity contribution in [2.75, 3.05) is 13.1 Å². The summed E-state index contributed by atoms with van der Waals surface area (Å²) >= 11 is 0. The average Bonchev–Trinajstić information content (AvgIpc) is 2.67. The van der Waals surface area contributed by atoms with Gasteiger partial charge in [-0.3, -0.25) is 15.0 Å². The Labute approximate surface area is 160 Å². The van der Waals surface area contributed by atoms with Crippen LogP contribution >= 0.6 is 0 Å². The molecule has 0 bridgehead atoms. The zero-order chi connectivity index (χ0) is 20.3. The predicted octanol–water partition coefficient (Wildman–Crippen LogP) is 1.89. The van der Waals surface area contributed by atoms with Gasteiger partial charge in [0.1, 0.15) is 11.7 Å². The van der Waals surface area contributed by atoms with Gasteiger partial charge in [0.15, 0.2) is 0 Å². The number of aliphatic carboxylic acids is 1. The minimum atomic E-state index is -0.823. The van der Waals surface area contributed by atoms with Crippen LogP contribution in [0.5, 0.6) is 0 Å². The summed E-state index contributed by atoms with van der Waals surface area (Å²) in [5.74, 6) is -1.98. The highest BCUT2D eigenvalue weighted by molar-refractivity contribution is 5.95. The van der Waals surface area contributed by atoms with Crippen molar-refractivity contribution in [2.45, 2.75) is 19.3 Å². The quantitative estimate of drug-likeness (QED) is 0.532. The Morgan fingerprint density at radius 2 is 1.86 bits per heavy atom. The van der Waals surface area contributed by atoms with E-state index < -0.39 is 11.8 Å². The van der Waals surface area contributed by atoms with Crippen LogP contribution in [0.25, 0.3) is 11.1 Å². The Kier molecular flexibility index (Phi) is 5.62. The number of nitrogens with two attached hydrogens (primary N) is 1. The monoisotopic (exact) mass is 385 g/mol. The van der Waals surface area contributed by atoms with E-state index in [0.29, 0.717) is 37.1 Å². The molecular formula is C19H20FN5O3. The third-order valence-corrected chi connectivity index (χ3v) is 4.80. The topological polar surface area (TPSA) is 133 Å². The maximum Gasteiger partial charge on any atom is 0.303 e. The molecule has 0 spiro atoms. The van der Waals surface area contributed by atoms with Gasteiger partial charge >= 0.3 is 5.97 Å². The molecule has 146 valence electrons. The normalized spacial score (nSPS) is 14.7. The first-order valence-electron chi connectivity index (χ1n) is 8.82. The lowest BCUT2D eigenvalue weighted by Gasteiger charge is -2.30. The molecule has 1 aliphatic rings. The Bertz CT molecular complexity index is 908. The molecule has 0 radical (unpaired) electrons. The van der Waals surface area contributed by atoms with Crippen LogP contribution in [0.4, 0.5) is 4.39 Å². The molecule has 1 fully saturated rings. The molecule has 1 amide bonds. The van der Waals surface area contributed by atoms with Gasteiger partial charge in [0.05, 0.1) is 5.56 Å². The smallest absolute Gasteiger partial charge is 0.303 e. The van der Waals surface area contributed by atoms with E-state index >= 15 is 0 Å². The van der Waals surface area contributed by atoms with E-state index in [2.05, 4.69) is 9.97 Å². The first-order valence-corrected chi connectivity index (χ1v) is 8.82. The summed E-state index contributed by atoms with van der Waals surface area (Å²) in [6.45, 7) is 0.944. The SMILES string of the molecule is N=C(N)c1ccc(-c2cnc(C(=O)N3CCC(CC(=O)O)CC3)nc2)cc1F. The van der Waals surface area contributed by atoms with Crippen molar-refractivity contribution >= 4 is 17.7 Å². The van der Waals surface area contributed by atoms with E-state index in [-0.39, 0.29) is 35.5 Å². The van der Waals surface area contributed by atoms with Crippen molar-refractivity contribution in [1.82, 2.24) is 14.9 Å². The van der Waals surface area contributed by atoms with E-state index in [9.17, 15) is 14.0 Å². The Balaban J connectivity index is 1.67. The number of carbonyl (C=O) groups excluding carboxylic acids is 1. The number of amides is 1. The van der Waals surface area contributed by atoms with Crippen molar-refractivity contribution in [1.29, 1.82) is 5.41 Å². The Morgan fingerprint density at radius 3 is 2.39 bits per heavy atom. The minimum absolute atomic E-state index is 0.0165. The fraction of sp³-hybridized carbons (Fsp3) is 0.316. The maximum absolute atomic E-state index is 14.0. The number of nitrogens with zero attached hydrogens (tertiary/aromatic N) is 3. The van der Waals surface area contributed by atoms with Gasteiger partial charge in [0.2, 0.25) is 5.82 Å². The fourth-order valence-corrected chi connectivity index (χ4v) is 3.23. The molecule has 1 aliphatic heterocycles. The zero-order valence-electron chi connectivity index (χ0n) is 15.1. The molecule has 0 aliphatic carbocycles. The molecule has 9 heteroatoms. The third kappa shape index (κ3) is 4.30. The van der Waals surface area contributed by atoms with Crippen LogP contribution in [0.15, 0.2) is 30.6 Å². The lowest BCUT2D eigenvalue weighted by Crippen LogP contribution is -2.39. The first-order chi connectivity index (χ1) is 13.3. The van der Waals surface area contributed by atoms with Crippen LogP contribution in [0.2, 0.25) is 0 Å². The number of rotatable bonds is 5. The second kappa shape index (κ2) is 8.12. The summed E-state index contributed by atoms with van der Waals surface area (Å²) in [5.41, 5.74) is 6.37. The highest BCUT2D eigenvalue weighted by atomic mass is 19.1. The lowest BCUT2D eigenvalue weighted by atomic mass is 9.93. The van der Waals surface area contributed by atoms with Crippen molar-refractivity contribution in [3.63, 3.8) is 0 Å². The summed E-state index contributed by atoms with van der Waals surface area (Å²) in [5, 5.41) is 16.2. The van der Waals surface area contributed by atoms with Gasteiger partial charge in [-0.1, -0.05) is 6.07 Å². The van der Waals surface area contributed by atoms with Gasteiger partial charge in [0, 0.05) is 37.5 Å². The van der Waals surface area contributed by atoms with E-state index in [1.54, 1.807) is 11.0 Å². The molecule has 2 aromatic rings. The predicted molar refractivity (Wildman–Crippen MR) is 99.3 cm³/mol. The molecule has 0 saturated carbocycles. The van der Waals surface area contributed by atoms with Gasteiger partial charge in [-0.15, -0.1) is 0 Å². The average molecular weight is 385 g/mol. The number of hydrogen-bond donors (Lipinski definition) is 3. The van der Waals surface area contributed by atoms with Gasteiger partial charge in [-0.2, -0.15) is 0 Å². The van der Waals surface area contributed by atoms with Crippen LogP contribution in [0, 0.1) is 17.1 Å². The summed E-state index contributed by atoms with van der Waals surface area (Å²) in [7, 11) is 0. The molecule has 28 heavy (non-hydrogen) atoms. The molecule has 0 atom stereocenters. The lowest BCUT2D eigenvalue weighted by molar-refractivity contribution is -0.138. The van der Waals surface area contributed by atoms with E-state index in [4.69, 9.17) is 16.2 Å². The Hall–Kier alpha value is -3.36. The zero-order valence-corrected chi connectivity index (χ0v) is 15.1. The number of aromatic nitrogens is 2. The van der Waals surface area contributed by atoms with Crippen LogP contribution < -0.4 is 5.73 Å². The van der Waals surface area contributed by atoms with Crippen molar-refractivity contribution in [3.05, 3.63) is 47.8 Å². The van der Waals surface area contributed by atoms with Gasteiger partial charge in [-0.25, -0.2) is 14.4 Å². The number of halogens is 1. The molecule has 8 nitrogen and oxygen atoms in total. The van der Waals surface area contributed by atoms with E-state index in [1.165, 1.54) is 24.5 Å². The molecular weight excluding hydrogens is 365 g/mol. The first kappa shape index (κ1) is 19.4. The number of piperidine rings is 1. The number of amidine groups is 1. The number of nitrogen functional groups attached to an aromatic ring is 1. The van der Waals surface area contributed by atoms with Crippen LogP contribution in [-0.2, 0) is 4.79 Å². The minimum Gasteiger partial charge on any atom is -0.481 e. The summed E-state index contributed by atoms with van der Waals surface area (Å²) in [4.78, 5) is 33.1. The second-order valence-electron chi connectivity index (χ2n) is 6.74. The summed E-state index contributed by atoms with van der Waals surface area (Å²) in [6, 6.07) is 4.25. The maximum atomic E-state index is 14.0. The van der Waals surface area contributed by atoms with E-state index in [0.717, 1.165) is 0 Å². The molecule has 1 aromatic heterocycles. The molecule has 0 unspecified atom stereocenters. The number of nitrogens with one attached hydrogen (secondary N) is 1. The number of carboxylic acid groups (broad SMARTS) is 1. The molecule has 1 aromatic carbocycles. The highest BCUT2D eigenvalue weighted by Crippen LogP contribution is 2.23.